The molecule has 0 bridgehead atoms. The third kappa shape index (κ3) is 5.09. The van der Waals surface area contributed by atoms with Crippen molar-refractivity contribution < 1.29 is 27.8 Å². The zero-order valence-corrected chi connectivity index (χ0v) is 18.9. The maximum atomic E-state index is 13.6. The molecule has 0 atom stereocenters. The Morgan fingerprint density at radius 1 is 0.906 bits per heavy atom. The van der Waals surface area contributed by atoms with Gasteiger partial charge in [0.05, 0.1) is 30.2 Å². The summed E-state index contributed by atoms with van der Waals surface area (Å²) in [5.74, 6) is -0.0723. The molecular formula is C24H25NO6S. The molecule has 7 nitrogen and oxygen atoms in total. The monoisotopic (exact) mass is 455 g/mol. The number of methoxy groups -OCH3 is 2. The van der Waals surface area contributed by atoms with E-state index < -0.39 is 16.0 Å². The number of hydrogen-bond donors (Lipinski definition) is 1. The van der Waals surface area contributed by atoms with Crippen LogP contribution in [0.5, 0.6) is 11.5 Å². The number of aromatic carboxylic acids is 1. The van der Waals surface area contributed by atoms with Gasteiger partial charge in [-0.1, -0.05) is 30.3 Å². The van der Waals surface area contributed by atoms with Crippen molar-refractivity contribution in [3.63, 3.8) is 0 Å². The van der Waals surface area contributed by atoms with E-state index in [1.807, 2.05) is 49.4 Å². The summed E-state index contributed by atoms with van der Waals surface area (Å²) in [6.45, 7) is 2.02. The van der Waals surface area contributed by atoms with Gasteiger partial charge in [-0.3, -0.25) is 0 Å². The molecule has 3 rings (SSSR count). The SMILES string of the molecule is COc1cc(C)cc(OC)c1CN(Cc1ccccc1)S(=O)(=O)c1ccc(C(=O)O)cc1. The van der Waals surface area contributed by atoms with Gasteiger partial charge in [-0.15, -0.1) is 0 Å². The van der Waals surface area contributed by atoms with E-state index >= 15 is 0 Å². The highest BCUT2D eigenvalue weighted by molar-refractivity contribution is 7.89. The fourth-order valence-corrected chi connectivity index (χ4v) is 4.78. The predicted octanol–water partition coefficient (Wildman–Crippen LogP) is 4.10. The molecule has 0 radical (unpaired) electrons. The van der Waals surface area contributed by atoms with E-state index in [0.29, 0.717) is 17.1 Å². The van der Waals surface area contributed by atoms with Crippen LogP contribution in [0.2, 0.25) is 0 Å². The van der Waals surface area contributed by atoms with Crippen LogP contribution in [-0.4, -0.2) is 38.0 Å². The Labute approximate surface area is 187 Å². The summed E-state index contributed by atoms with van der Waals surface area (Å²) in [7, 11) is -0.918. The van der Waals surface area contributed by atoms with Crippen molar-refractivity contribution in [2.24, 2.45) is 0 Å². The van der Waals surface area contributed by atoms with Crippen LogP contribution in [0.1, 0.15) is 27.0 Å². The predicted molar refractivity (Wildman–Crippen MR) is 121 cm³/mol. The lowest BCUT2D eigenvalue weighted by atomic mass is 10.1. The minimum Gasteiger partial charge on any atom is -0.496 e. The first-order chi connectivity index (χ1) is 15.3. The summed E-state index contributed by atoms with van der Waals surface area (Å²) in [6, 6.07) is 18.1. The first-order valence-electron chi connectivity index (χ1n) is 9.85. The molecule has 0 aliphatic carbocycles. The second kappa shape index (κ2) is 9.84. The number of sulfonamides is 1. The van der Waals surface area contributed by atoms with Gasteiger partial charge in [0, 0.05) is 13.1 Å². The smallest absolute Gasteiger partial charge is 0.335 e. The Balaban J connectivity index is 2.08. The Kier molecular flexibility index (Phi) is 7.17. The fourth-order valence-electron chi connectivity index (χ4n) is 3.38. The third-order valence-corrected chi connectivity index (χ3v) is 6.83. The number of nitrogens with zero attached hydrogens (tertiary/aromatic N) is 1. The molecule has 8 heteroatoms. The largest absolute Gasteiger partial charge is 0.496 e. The van der Waals surface area contributed by atoms with Gasteiger partial charge in [0.1, 0.15) is 11.5 Å². The maximum absolute atomic E-state index is 13.6. The summed E-state index contributed by atoms with van der Waals surface area (Å²) in [4.78, 5) is 11.2. The van der Waals surface area contributed by atoms with Crippen LogP contribution in [0.25, 0.3) is 0 Å². The standard InChI is InChI=1S/C24H25NO6S/c1-17-13-22(30-2)21(23(14-17)31-3)16-25(15-18-7-5-4-6-8-18)32(28,29)20-11-9-19(10-12-20)24(26)27/h4-14H,15-16H2,1-3H3,(H,26,27). The van der Waals surface area contributed by atoms with Crippen molar-refractivity contribution in [1.29, 1.82) is 0 Å². The number of ether oxygens (including phenoxy) is 2. The van der Waals surface area contributed by atoms with Gasteiger partial charge in [0.25, 0.3) is 0 Å². The first-order valence-corrected chi connectivity index (χ1v) is 11.3. The summed E-state index contributed by atoms with van der Waals surface area (Å²) in [6.07, 6.45) is 0. The zero-order valence-electron chi connectivity index (χ0n) is 18.1. The molecule has 0 heterocycles. The summed E-state index contributed by atoms with van der Waals surface area (Å²) >= 11 is 0. The maximum Gasteiger partial charge on any atom is 0.335 e. The average molecular weight is 456 g/mol. The molecule has 3 aromatic rings. The van der Waals surface area contributed by atoms with Crippen LogP contribution < -0.4 is 9.47 Å². The molecule has 3 aromatic carbocycles. The van der Waals surface area contributed by atoms with E-state index in [1.54, 1.807) is 0 Å². The van der Waals surface area contributed by atoms with E-state index in [9.17, 15) is 13.2 Å². The van der Waals surface area contributed by atoms with Crippen LogP contribution in [0.15, 0.2) is 71.6 Å². The second-order valence-electron chi connectivity index (χ2n) is 7.24. The summed E-state index contributed by atoms with van der Waals surface area (Å²) in [5.41, 5.74) is 2.34. The van der Waals surface area contributed by atoms with Gasteiger partial charge < -0.3 is 14.6 Å². The van der Waals surface area contributed by atoms with Crippen LogP contribution in [-0.2, 0) is 23.1 Å². The zero-order chi connectivity index (χ0) is 23.3. The topological polar surface area (TPSA) is 93.1 Å². The molecule has 0 aliphatic heterocycles. The van der Waals surface area contributed by atoms with Gasteiger partial charge in [0.2, 0.25) is 10.0 Å². The van der Waals surface area contributed by atoms with Gasteiger partial charge in [-0.2, -0.15) is 4.31 Å². The van der Waals surface area contributed by atoms with Crippen LogP contribution in [0, 0.1) is 6.92 Å². The minimum atomic E-state index is -3.97. The molecule has 0 saturated carbocycles. The molecule has 168 valence electrons. The lowest BCUT2D eigenvalue weighted by Crippen LogP contribution is -2.30. The van der Waals surface area contributed by atoms with Gasteiger partial charge in [-0.05, 0) is 54.4 Å². The van der Waals surface area contributed by atoms with Crippen molar-refractivity contribution in [3.8, 4) is 11.5 Å². The minimum absolute atomic E-state index is 0.00322. The Bertz CT molecular complexity index is 1170. The highest BCUT2D eigenvalue weighted by Gasteiger charge is 2.28. The highest BCUT2D eigenvalue weighted by atomic mass is 32.2. The number of benzene rings is 3. The Hall–Kier alpha value is -3.36. The molecule has 0 unspecified atom stereocenters. The van der Waals surface area contributed by atoms with Crippen LogP contribution in [0.3, 0.4) is 0 Å². The van der Waals surface area contributed by atoms with Crippen LogP contribution >= 0.6 is 0 Å². The van der Waals surface area contributed by atoms with E-state index in [2.05, 4.69) is 0 Å². The quantitative estimate of drug-likeness (QED) is 0.522. The molecule has 0 fully saturated rings. The average Bonchev–Trinajstić information content (AvgIpc) is 2.79. The van der Waals surface area contributed by atoms with Crippen LogP contribution in [0.4, 0.5) is 0 Å². The lowest BCUT2D eigenvalue weighted by molar-refractivity contribution is 0.0696. The lowest BCUT2D eigenvalue weighted by Gasteiger charge is -2.25. The molecule has 0 aliphatic rings. The van der Waals surface area contributed by atoms with Crippen molar-refractivity contribution in [1.82, 2.24) is 4.31 Å². The summed E-state index contributed by atoms with van der Waals surface area (Å²) in [5, 5.41) is 9.13. The molecule has 1 N–H and O–H groups in total. The number of rotatable bonds is 9. The Morgan fingerprint density at radius 3 is 1.97 bits per heavy atom. The molecule has 0 spiro atoms. The van der Waals surface area contributed by atoms with Crippen molar-refractivity contribution >= 4 is 16.0 Å². The van der Waals surface area contributed by atoms with Crippen molar-refractivity contribution in [2.75, 3.05) is 14.2 Å². The number of aryl methyl sites for hydroxylation is 1. The molecule has 0 aromatic heterocycles. The van der Waals surface area contributed by atoms with Gasteiger partial charge >= 0.3 is 5.97 Å². The van der Waals surface area contributed by atoms with E-state index in [-0.39, 0.29) is 23.5 Å². The van der Waals surface area contributed by atoms with E-state index in [4.69, 9.17) is 14.6 Å². The fraction of sp³-hybridized carbons (Fsp3) is 0.208. The van der Waals surface area contributed by atoms with Crippen molar-refractivity contribution in [2.45, 2.75) is 24.9 Å². The number of carbonyl (C=O) groups is 1. The molecular weight excluding hydrogens is 430 g/mol. The summed E-state index contributed by atoms with van der Waals surface area (Å²) < 4.78 is 39.5. The number of carboxylic acid groups (broad SMARTS) is 1. The Morgan fingerprint density at radius 2 is 1.47 bits per heavy atom. The number of carboxylic acids is 1. The normalized spacial score (nSPS) is 11.4. The molecule has 0 amide bonds. The highest BCUT2D eigenvalue weighted by Crippen LogP contribution is 2.33. The first kappa shape index (κ1) is 23.3. The second-order valence-corrected chi connectivity index (χ2v) is 9.17. The van der Waals surface area contributed by atoms with E-state index in [0.717, 1.165) is 11.1 Å². The van der Waals surface area contributed by atoms with Gasteiger partial charge in [0.15, 0.2) is 0 Å². The van der Waals surface area contributed by atoms with Crippen molar-refractivity contribution in [3.05, 3.63) is 89.0 Å². The third-order valence-electron chi connectivity index (χ3n) is 5.03. The molecule has 32 heavy (non-hydrogen) atoms. The number of hydrogen-bond acceptors (Lipinski definition) is 5. The van der Waals surface area contributed by atoms with Gasteiger partial charge in [-0.25, -0.2) is 13.2 Å². The molecule has 0 saturated heterocycles. The van der Waals surface area contributed by atoms with E-state index in [1.165, 1.54) is 42.8 Å².